The van der Waals surface area contributed by atoms with E-state index in [-0.39, 0.29) is 43.2 Å². The van der Waals surface area contributed by atoms with Crippen LogP contribution in [-0.2, 0) is 14.3 Å². The number of aliphatic hydroxyl groups is 2. The number of hydrogen-bond acceptors (Lipinski definition) is 8. The topological polar surface area (TPSA) is 139 Å². The highest BCUT2D eigenvalue weighted by Crippen LogP contribution is 2.40. The molecule has 3 rings (SSSR count). The molecule has 1 aliphatic heterocycles. The lowest BCUT2D eigenvalue weighted by Gasteiger charge is -2.25. The molecule has 1 saturated heterocycles. The molecular formula is C23H24N2O8. The number of ketones is 1. The van der Waals surface area contributed by atoms with Gasteiger partial charge in [-0.25, -0.2) is 0 Å². The zero-order chi connectivity index (χ0) is 24.0. The van der Waals surface area contributed by atoms with Gasteiger partial charge in [-0.2, -0.15) is 0 Å². The number of amides is 1. The highest BCUT2D eigenvalue weighted by Gasteiger charge is 2.46. The van der Waals surface area contributed by atoms with Gasteiger partial charge in [0.25, 0.3) is 17.4 Å². The minimum absolute atomic E-state index is 0.0359. The van der Waals surface area contributed by atoms with E-state index >= 15 is 0 Å². The van der Waals surface area contributed by atoms with Gasteiger partial charge in [0.2, 0.25) is 0 Å². The summed E-state index contributed by atoms with van der Waals surface area (Å²) in [5.74, 6) is -1.63. The van der Waals surface area contributed by atoms with E-state index < -0.39 is 28.4 Å². The molecule has 0 unspecified atom stereocenters. The summed E-state index contributed by atoms with van der Waals surface area (Å²) in [5, 5.41) is 31.0. The minimum atomic E-state index is -0.933. The molecular weight excluding hydrogens is 432 g/mol. The first-order chi connectivity index (χ1) is 15.9. The summed E-state index contributed by atoms with van der Waals surface area (Å²) in [4.78, 5) is 37.6. The summed E-state index contributed by atoms with van der Waals surface area (Å²) >= 11 is 0. The Labute approximate surface area is 189 Å². The fraction of sp³-hybridized carbons (Fsp3) is 0.304. The van der Waals surface area contributed by atoms with Crippen molar-refractivity contribution in [2.45, 2.75) is 13.0 Å². The molecule has 174 valence electrons. The number of carbonyl (C=O) groups is 2. The predicted octanol–water partition coefficient (Wildman–Crippen LogP) is 2.42. The van der Waals surface area contributed by atoms with Crippen molar-refractivity contribution in [3.05, 3.63) is 75.3 Å². The second-order valence-electron chi connectivity index (χ2n) is 7.14. The smallest absolute Gasteiger partial charge is 0.295 e. The van der Waals surface area contributed by atoms with E-state index in [4.69, 9.17) is 14.6 Å². The van der Waals surface area contributed by atoms with Gasteiger partial charge >= 0.3 is 0 Å². The number of nitro benzene ring substituents is 1. The number of non-ortho nitro benzene ring substituents is 1. The Hall–Kier alpha value is -3.76. The van der Waals surface area contributed by atoms with Crippen LogP contribution in [0.25, 0.3) is 5.76 Å². The van der Waals surface area contributed by atoms with Crippen molar-refractivity contribution in [1.82, 2.24) is 4.90 Å². The van der Waals surface area contributed by atoms with Crippen LogP contribution in [0.1, 0.15) is 24.1 Å². The Balaban J connectivity index is 2.08. The number of hydrogen-bond donors (Lipinski definition) is 2. The Morgan fingerprint density at radius 2 is 1.88 bits per heavy atom. The van der Waals surface area contributed by atoms with Crippen molar-refractivity contribution >= 4 is 23.1 Å². The second kappa shape index (κ2) is 10.7. The van der Waals surface area contributed by atoms with Gasteiger partial charge in [-0.3, -0.25) is 19.7 Å². The molecule has 2 aromatic carbocycles. The van der Waals surface area contributed by atoms with E-state index in [0.717, 1.165) is 6.07 Å². The van der Waals surface area contributed by atoms with Crippen LogP contribution >= 0.6 is 0 Å². The monoisotopic (exact) mass is 456 g/mol. The standard InChI is InChI=1S/C23H24N2O8/c1-2-33-18-8-6-15(7-9-18)20-19(21(27)16-4-3-5-17(14-16)25(30)31)22(28)23(29)24(20)10-12-32-13-11-26/h3-9,14,20,26-27H,2,10-13H2,1H3/b21-19+/t20-/m1/s1. The lowest BCUT2D eigenvalue weighted by atomic mass is 9.95. The highest BCUT2D eigenvalue weighted by molar-refractivity contribution is 6.46. The molecule has 0 spiro atoms. The number of likely N-dealkylation sites (tertiary alicyclic amines) is 1. The maximum absolute atomic E-state index is 12.9. The zero-order valence-electron chi connectivity index (χ0n) is 18.0. The minimum Gasteiger partial charge on any atom is -0.507 e. The van der Waals surface area contributed by atoms with Gasteiger partial charge < -0.3 is 24.6 Å². The number of carbonyl (C=O) groups excluding carboxylic acids is 2. The van der Waals surface area contributed by atoms with E-state index in [9.17, 15) is 24.8 Å². The van der Waals surface area contributed by atoms with E-state index in [1.807, 2.05) is 6.92 Å². The average Bonchev–Trinajstić information content (AvgIpc) is 3.07. The van der Waals surface area contributed by atoms with Crippen LogP contribution in [0.5, 0.6) is 5.75 Å². The van der Waals surface area contributed by atoms with E-state index in [0.29, 0.717) is 17.9 Å². The first kappa shape index (κ1) is 23.9. The lowest BCUT2D eigenvalue weighted by Crippen LogP contribution is -2.33. The van der Waals surface area contributed by atoms with Gasteiger partial charge in [-0.1, -0.05) is 24.3 Å². The summed E-state index contributed by atoms with van der Waals surface area (Å²) in [5.41, 5.74) is 0.163. The fourth-order valence-electron chi connectivity index (χ4n) is 3.62. The third kappa shape index (κ3) is 5.18. The van der Waals surface area contributed by atoms with Crippen LogP contribution in [0.3, 0.4) is 0 Å². The first-order valence-corrected chi connectivity index (χ1v) is 10.3. The molecule has 1 aliphatic rings. The van der Waals surface area contributed by atoms with E-state index in [1.54, 1.807) is 24.3 Å². The molecule has 0 radical (unpaired) electrons. The number of aliphatic hydroxyl groups excluding tert-OH is 2. The maximum atomic E-state index is 12.9. The van der Waals surface area contributed by atoms with Crippen LogP contribution in [-0.4, -0.2) is 64.7 Å². The molecule has 2 N–H and O–H groups in total. The summed E-state index contributed by atoms with van der Waals surface area (Å²) in [7, 11) is 0. The van der Waals surface area contributed by atoms with Crippen LogP contribution in [0, 0.1) is 10.1 Å². The number of benzene rings is 2. The number of ether oxygens (including phenoxy) is 2. The van der Waals surface area contributed by atoms with Gasteiger partial charge in [0.15, 0.2) is 0 Å². The number of nitro groups is 1. The fourth-order valence-corrected chi connectivity index (χ4v) is 3.62. The van der Waals surface area contributed by atoms with Crippen molar-refractivity contribution < 1.29 is 34.2 Å². The number of rotatable bonds is 10. The van der Waals surface area contributed by atoms with Crippen molar-refractivity contribution in [3.8, 4) is 5.75 Å². The number of nitrogens with zero attached hydrogens (tertiary/aromatic N) is 2. The Morgan fingerprint density at radius 1 is 1.15 bits per heavy atom. The van der Waals surface area contributed by atoms with Gasteiger partial charge in [0.05, 0.1) is 43.0 Å². The molecule has 10 heteroatoms. The molecule has 10 nitrogen and oxygen atoms in total. The Morgan fingerprint density at radius 3 is 2.52 bits per heavy atom. The molecule has 33 heavy (non-hydrogen) atoms. The summed E-state index contributed by atoms with van der Waals surface area (Å²) < 4.78 is 10.7. The van der Waals surface area contributed by atoms with Crippen molar-refractivity contribution in [2.24, 2.45) is 0 Å². The van der Waals surface area contributed by atoms with Gasteiger partial charge in [0.1, 0.15) is 11.5 Å². The normalized spacial score (nSPS) is 17.4. The van der Waals surface area contributed by atoms with Crippen molar-refractivity contribution in [2.75, 3.05) is 33.0 Å². The van der Waals surface area contributed by atoms with Gasteiger partial charge in [0, 0.05) is 24.2 Å². The van der Waals surface area contributed by atoms with Crippen LogP contribution < -0.4 is 4.74 Å². The molecule has 1 atom stereocenters. The summed E-state index contributed by atoms with van der Waals surface area (Å²) in [6.45, 7) is 2.30. The molecule has 0 aromatic heterocycles. The Bertz CT molecular complexity index is 1060. The molecule has 1 amide bonds. The Kier molecular flexibility index (Phi) is 7.75. The highest BCUT2D eigenvalue weighted by atomic mass is 16.6. The first-order valence-electron chi connectivity index (χ1n) is 10.3. The van der Waals surface area contributed by atoms with Gasteiger partial charge in [-0.05, 0) is 24.6 Å². The summed E-state index contributed by atoms with van der Waals surface area (Å²) in [6.07, 6.45) is 0. The molecule has 0 aliphatic carbocycles. The van der Waals surface area contributed by atoms with E-state index in [1.165, 1.54) is 23.1 Å². The SMILES string of the molecule is CCOc1ccc([C@@H]2/C(=C(\O)c3cccc([N+](=O)[O-])c3)C(=O)C(=O)N2CCOCCO)cc1. The molecule has 2 aromatic rings. The largest absolute Gasteiger partial charge is 0.507 e. The quantitative estimate of drug-likeness (QED) is 0.139. The van der Waals surface area contributed by atoms with Crippen molar-refractivity contribution in [3.63, 3.8) is 0 Å². The van der Waals surface area contributed by atoms with Crippen LogP contribution in [0.4, 0.5) is 5.69 Å². The summed E-state index contributed by atoms with van der Waals surface area (Å²) in [6, 6.07) is 11.0. The zero-order valence-corrected chi connectivity index (χ0v) is 18.0. The average molecular weight is 456 g/mol. The van der Waals surface area contributed by atoms with Crippen molar-refractivity contribution in [1.29, 1.82) is 0 Å². The molecule has 1 heterocycles. The van der Waals surface area contributed by atoms with Gasteiger partial charge in [-0.15, -0.1) is 0 Å². The maximum Gasteiger partial charge on any atom is 0.295 e. The predicted molar refractivity (Wildman–Crippen MR) is 118 cm³/mol. The van der Waals surface area contributed by atoms with E-state index in [2.05, 4.69) is 0 Å². The number of Topliss-reactive ketones (excluding diaryl/α,β-unsaturated/α-hetero) is 1. The third-order valence-corrected chi connectivity index (χ3v) is 5.09. The molecule has 0 bridgehead atoms. The molecule has 0 saturated carbocycles. The second-order valence-corrected chi connectivity index (χ2v) is 7.14. The molecule has 1 fully saturated rings. The third-order valence-electron chi connectivity index (χ3n) is 5.09. The lowest BCUT2D eigenvalue weighted by molar-refractivity contribution is -0.384. The van der Waals surface area contributed by atoms with Crippen LogP contribution in [0.15, 0.2) is 54.1 Å². The van der Waals surface area contributed by atoms with Crippen LogP contribution in [0.2, 0.25) is 0 Å².